The van der Waals surface area contributed by atoms with E-state index in [-0.39, 0.29) is 25.0 Å². The standard InChI is InChI=1S/C17H17ClN2O4S/c1-23-15-5-4-11(7-13(15)18)19-17(22)14-9-24-10-16(21)20(14)8-12-3-2-6-25-12/h2-7,14H,8-10H2,1H3,(H,19,22)/t14-/m0/s1. The number of carbonyl (C=O) groups is 2. The molecule has 1 aromatic carbocycles. The summed E-state index contributed by atoms with van der Waals surface area (Å²) < 4.78 is 10.4. The van der Waals surface area contributed by atoms with Crippen molar-refractivity contribution in [2.75, 3.05) is 25.6 Å². The Balaban J connectivity index is 1.74. The van der Waals surface area contributed by atoms with Gasteiger partial charge in [-0.1, -0.05) is 17.7 Å². The van der Waals surface area contributed by atoms with E-state index in [1.165, 1.54) is 7.11 Å². The highest BCUT2D eigenvalue weighted by molar-refractivity contribution is 7.09. The molecule has 2 amide bonds. The number of hydrogen-bond donors (Lipinski definition) is 1. The van der Waals surface area contributed by atoms with E-state index in [4.69, 9.17) is 21.1 Å². The first-order valence-corrected chi connectivity index (χ1v) is 8.88. The Hall–Kier alpha value is -2.09. The van der Waals surface area contributed by atoms with Crippen LogP contribution in [0, 0.1) is 0 Å². The van der Waals surface area contributed by atoms with Gasteiger partial charge in [-0.05, 0) is 29.6 Å². The summed E-state index contributed by atoms with van der Waals surface area (Å²) in [5, 5.41) is 5.12. The van der Waals surface area contributed by atoms with Crippen molar-refractivity contribution in [3.8, 4) is 5.75 Å². The number of ether oxygens (including phenoxy) is 2. The van der Waals surface area contributed by atoms with Gasteiger partial charge in [-0.15, -0.1) is 11.3 Å². The molecule has 8 heteroatoms. The molecule has 1 atom stereocenters. The molecule has 1 N–H and O–H groups in total. The molecule has 0 unspecified atom stereocenters. The van der Waals surface area contributed by atoms with Gasteiger partial charge in [0.25, 0.3) is 0 Å². The topological polar surface area (TPSA) is 67.9 Å². The lowest BCUT2D eigenvalue weighted by Gasteiger charge is -2.34. The molecular formula is C17H17ClN2O4S. The predicted octanol–water partition coefficient (Wildman–Crippen LogP) is 2.78. The van der Waals surface area contributed by atoms with Crippen LogP contribution in [-0.2, 0) is 20.9 Å². The van der Waals surface area contributed by atoms with E-state index in [0.29, 0.717) is 23.0 Å². The Morgan fingerprint density at radius 2 is 2.32 bits per heavy atom. The number of rotatable bonds is 5. The van der Waals surface area contributed by atoms with Crippen molar-refractivity contribution in [3.05, 3.63) is 45.6 Å². The van der Waals surface area contributed by atoms with Crippen LogP contribution in [0.5, 0.6) is 5.75 Å². The molecule has 1 aromatic heterocycles. The smallest absolute Gasteiger partial charge is 0.249 e. The number of halogens is 1. The van der Waals surface area contributed by atoms with E-state index >= 15 is 0 Å². The molecule has 1 fully saturated rings. The van der Waals surface area contributed by atoms with Crippen molar-refractivity contribution < 1.29 is 19.1 Å². The molecule has 3 rings (SSSR count). The van der Waals surface area contributed by atoms with Crippen molar-refractivity contribution >= 4 is 40.4 Å². The Morgan fingerprint density at radius 3 is 3.00 bits per heavy atom. The first kappa shape index (κ1) is 17.7. The molecule has 0 aliphatic carbocycles. The Labute approximate surface area is 154 Å². The number of nitrogens with zero attached hydrogens (tertiary/aromatic N) is 1. The molecule has 1 saturated heterocycles. The largest absolute Gasteiger partial charge is 0.495 e. The Kier molecular flexibility index (Phi) is 5.57. The minimum Gasteiger partial charge on any atom is -0.495 e. The average Bonchev–Trinajstić information content (AvgIpc) is 3.10. The number of benzene rings is 1. The SMILES string of the molecule is COc1ccc(NC(=O)[C@@H]2COCC(=O)N2Cc2cccs2)cc1Cl. The van der Waals surface area contributed by atoms with E-state index in [0.717, 1.165) is 4.88 Å². The van der Waals surface area contributed by atoms with Crippen LogP contribution in [0.2, 0.25) is 5.02 Å². The van der Waals surface area contributed by atoms with Gasteiger partial charge in [0.15, 0.2) is 0 Å². The Bertz CT molecular complexity index is 766. The normalized spacial score (nSPS) is 17.4. The van der Waals surface area contributed by atoms with Crippen LogP contribution < -0.4 is 10.1 Å². The van der Waals surface area contributed by atoms with Crippen LogP contribution in [-0.4, -0.2) is 43.1 Å². The molecule has 132 valence electrons. The van der Waals surface area contributed by atoms with Crippen molar-refractivity contribution in [1.82, 2.24) is 4.90 Å². The molecule has 1 aliphatic heterocycles. The molecule has 6 nitrogen and oxygen atoms in total. The number of carbonyl (C=O) groups excluding carboxylic acids is 2. The zero-order valence-electron chi connectivity index (χ0n) is 13.5. The number of anilines is 1. The van der Waals surface area contributed by atoms with E-state index < -0.39 is 6.04 Å². The lowest BCUT2D eigenvalue weighted by atomic mass is 10.2. The van der Waals surface area contributed by atoms with Gasteiger partial charge in [-0.3, -0.25) is 9.59 Å². The summed E-state index contributed by atoms with van der Waals surface area (Å²) in [5.74, 6) is 0.00793. The number of nitrogens with one attached hydrogen (secondary N) is 1. The number of methoxy groups -OCH3 is 1. The van der Waals surface area contributed by atoms with Crippen LogP contribution in [0.4, 0.5) is 5.69 Å². The van der Waals surface area contributed by atoms with Crippen LogP contribution in [0.25, 0.3) is 0 Å². The van der Waals surface area contributed by atoms with Gasteiger partial charge in [0, 0.05) is 10.6 Å². The van der Waals surface area contributed by atoms with Gasteiger partial charge in [0.2, 0.25) is 11.8 Å². The summed E-state index contributed by atoms with van der Waals surface area (Å²) in [6.07, 6.45) is 0. The monoisotopic (exact) mass is 380 g/mol. The van der Waals surface area contributed by atoms with Crippen molar-refractivity contribution in [2.45, 2.75) is 12.6 Å². The lowest BCUT2D eigenvalue weighted by molar-refractivity contribution is -0.153. The highest BCUT2D eigenvalue weighted by Crippen LogP contribution is 2.27. The second-order valence-corrected chi connectivity index (χ2v) is 6.91. The number of morpholine rings is 1. The van der Waals surface area contributed by atoms with E-state index in [2.05, 4.69) is 5.32 Å². The second kappa shape index (κ2) is 7.86. The fourth-order valence-electron chi connectivity index (χ4n) is 2.56. The predicted molar refractivity (Wildman–Crippen MR) is 96.1 cm³/mol. The maximum absolute atomic E-state index is 12.7. The molecule has 2 aromatic rings. The minimum atomic E-state index is -0.691. The van der Waals surface area contributed by atoms with Crippen LogP contribution in [0.15, 0.2) is 35.7 Å². The average molecular weight is 381 g/mol. The zero-order chi connectivity index (χ0) is 17.8. The molecule has 1 aliphatic rings. The highest BCUT2D eigenvalue weighted by Gasteiger charge is 2.34. The van der Waals surface area contributed by atoms with Crippen LogP contribution >= 0.6 is 22.9 Å². The summed E-state index contributed by atoms with van der Waals surface area (Å²) in [7, 11) is 1.52. The molecule has 0 bridgehead atoms. The summed E-state index contributed by atoms with van der Waals surface area (Å²) in [6.45, 7) is 0.539. The van der Waals surface area contributed by atoms with Gasteiger partial charge < -0.3 is 19.7 Å². The molecule has 0 saturated carbocycles. The molecule has 25 heavy (non-hydrogen) atoms. The van der Waals surface area contributed by atoms with Gasteiger partial charge in [-0.2, -0.15) is 0 Å². The fraction of sp³-hybridized carbons (Fsp3) is 0.294. The van der Waals surface area contributed by atoms with Crippen molar-refractivity contribution in [2.24, 2.45) is 0 Å². The fourth-order valence-corrected chi connectivity index (χ4v) is 3.52. The Morgan fingerprint density at radius 1 is 1.48 bits per heavy atom. The molecule has 0 radical (unpaired) electrons. The third-order valence-electron chi connectivity index (χ3n) is 3.83. The first-order chi connectivity index (χ1) is 12.1. The third kappa shape index (κ3) is 4.12. The van der Waals surface area contributed by atoms with Gasteiger partial charge in [0.1, 0.15) is 18.4 Å². The van der Waals surface area contributed by atoms with Gasteiger partial charge >= 0.3 is 0 Å². The number of hydrogen-bond acceptors (Lipinski definition) is 5. The summed E-state index contributed by atoms with van der Waals surface area (Å²) >= 11 is 7.63. The second-order valence-electron chi connectivity index (χ2n) is 5.47. The van der Waals surface area contributed by atoms with Crippen molar-refractivity contribution in [1.29, 1.82) is 0 Å². The maximum atomic E-state index is 12.7. The quantitative estimate of drug-likeness (QED) is 0.866. The van der Waals surface area contributed by atoms with E-state index in [9.17, 15) is 9.59 Å². The summed E-state index contributed by atoms with van der Waals surface area (Å²) in [6, 6.07) is 8.13. The lowest BCUT2D eigenvalue weighted by Crippen LogP contribution is -2.54. The van der Waals surface area contributed by atoms with Crippen molar-refractivity contribution in [3.63, 3.8) is 0 Å². The van der Waals surface area contributed by atoms with E-state index in [1.807, 2.05) is 17.5 Å². The zero-order valence-corrected chi connectivity index (χ0v) is 15.1. The molecular weight excluding hydrogens is 364 g/mol. The number of amides is 2. The van der Waals surface area contributed by atoms with Crippen LogP contribution in [0.1, 0.15) is 4.88 Å². The molecule has 0 spiro atoms. The van der Waals surface area contributed by atoms with E-state index in [1.54, 1.807) is 34.4 Å². The molecule has 2 heterocycles. The number of thiophene rings is 1. The minimum absolute atomic E-state index is 0.0104. The van der Waals surface area contributed by atoms with Crippen LogP contribution in [0.3, 0.4) is 0 Å². The van der Waals surface area contributed by atoms with Gasteiger partial charge in [0.05, 0.1) is 25.3 Å². The first-order valence-electron chi connectivity index (χ1n) is 7.62. The summed E-state index contributed by atoms with van der Waals surface area (Å²) in [4.78, 5) is 27.4. The summed E-state index contributed by atoms with van der Waals surface area (Å²) in [5.41, 5.74) is 0.532. The third-order valence-corrected chi connectivity index (χ3v) is 4.98. The maximum Gasteiger partial charge on any atom is 0.249 e. The highest BCUT2D eigenvalue weighted by atomic mass is 35.5. The van der Waals surface area contributed by atoms with Gasteiger partial charge in [-0.25, -0.2) is 0 Å².